The number of carbonyl (C=O) groups excluding carboxylic acids is 2. The van der Waals surface area contributed by atoms with Crippen LogP contribution in [0.1, 0.15) is 31.8 Å². The van der Waals surface area contributed by atoms with Gasteiger partial charge in [0, 0.05) is 11.1 Å². The van der Waals surface area contributed by atoms with E-state index in [2.05, 4.69) is 6.58 Å². The molecule has 1 aliphatic carbocycles. The number of ether oxygens (including phenoxy) is 2. The normalized spacial score (nSPS) is 12.4. The number of hydrogen-bond donors (Lipinski definition) is 0. The van der Waals surface area contributed by atoms with Gasteiger partial charge in [0.05, 0.1) is 18.2 Å². The quantitative estimate of drug-likeness (QED) is 0.694. The fourth-order valence-electron chi connectivity index (χ4n) is 2.62. The second-order valence-corrected chi connectivity index (χ2v) is 4.82. The smallest absolute Gasteiger partial charge is 0.198 e. The predicted molar refractivity (Wildman–Crippen MR) is 82.0 cm³/mol. The van der Waals surface area contributed by atoms with Crippen molar-refractivity contribution in [3.63, 3.8) is 0 Å². The molecule has 0 aromatic heterocycles. The van der Waals surface area contributed by atoms with Gasteiger partial charge in [-0.25, -0.2) is 0 Å². The second kappa shape index (κ2) is 5.48. The second-order valence-electron chi connectivity index (χ2n) is 4.82. The Bertz CT molecular complexity index is 790. The third-order valence-electron chi connectivity index (χ3n) is 3.57. The summed E-state index contributed by atoms with van der Waals surface area (Å²) in [4.78, 5) is 25.5. The molecule has 0 unspecified atom stereocenters. The summed E-state index contributed by atoms with van der Waals surface area (Å²) in [5.74, 6) is 0.331. The van der Waals surface area contributed by atoms with Crippen molar-refractivity contribution in [2.24, 2.45) is 0 Å². The van der Waals surface area contributed by atoms with Gasteiger partial charge in [-0.05, 0) is 12.1 Å². The summed E-state index contributed by atoms with van der Waals surface area (Å²) in [6.45, 7) is 3.85. The van der Waals surface area contributed by atoms with E-state index in [0.29, 0.717) is 33.8 Å². The van der Waals surface area contributed by atoms with E-state index in [1.165, 1.54) is 7.11 Å². The summed E-state index contributed by atoms with van der Waals surface area (Å²) in [6.07, 6.45) is 1.59. The lowest BCUT2D eigenvalue weighted by atomic mass is 9.83. The van der Waals surface area contributed by atoms with Crippen molar-refractivity contribution in [2.75, 3.05) is 13.7 Å². The molecule has 0 heterocycles. The summed E-state index contributed by atoms with van der Waals surface area (Å²) >= 11 is 0. The first-order valence-corrected chi connectivity index (χ1v) is 6.82. The van der Waals surface area contributed by atoms with Crippen LogP contribution in [-0.2, 0) is 0 Å². The van der Waals surface area contributed by atoms with Crippen LogP contribution < -0.4 is 9.47 Å². The van der Waals surface area contributed by atoms with Crippen LogP contribution in [0, 0.1) is 0 Å². The number of ketones is 2. The van der Waals surface area contributed by atoms with E-state index in [1.807, 2.05) is 0 Å². The van der Waals surface area contributed by atoms with E-state index in [9.17, 15) is 9.59 Å². The number of hydrogen-bond acceptors (Lipinski definition) is 4. The van der Waals surface area contributed by atoms with Gasteiger partial charge < -0.3 is 9.47 Å². The van der Waals surface area contributed by atoms with Gasteiger partial charge in [-0.3, -0.25) is 9.59 Å². The molecule has 0 aliphatic heterocycles. The molecule has 4 heteroatoms. The van der Waals surface area contributed by atoms with Gasteiger partial charge in [-0.2, -0.15) is 0 Å². The average molecular weight is 294 g/mol. The van der Waals surface area contributed by atoms with Gasteiger partial charge in [0.15, 0.2) is 11.6 Å². The molecule has 110 valence electrons. The molecule has 0 spiro atoms. The lowest BCUT2D eigenvalue weighted by molar-refractivity contribution is 0.0973. The Balaban J connectivity index is 2.22. The minimum Gasteiger partial charge on any atom is -0.496 e. The Labute approximate surface area is 128 Å². The van der Waals surface area contributed by atoms with Crippen molar-refractivity contribution in [1.29, 1.82) is 0 Å². The van der Waals surface area contributed by atoms with Gasteiger partial charge in [0.1, 0.15) is 18.1 Å². The molecule has 2 aromatic rings. The maximum Gasteiger partial charge on any atom is 0.198 e. The third kappa shape index (κ3) is 2.00. The van der Waals surface area contributed by atoms with Crippen LogP contribution in [0.15, 0.2) is 49.1 Å². The number of rotatable bonds is 4. The predicted octanol–water partition coefficient (Wildman–Crippen LogP) is 3.04. The molecule has 2 aromatic carbocycles. The van der Waals surface area contributed by atoms with Crippen LogP contribution in [0.2, 0.25) is 0 Å². The zero-order chi connectivity index (χ0) is 15.7. The molecule has 22 heavy (non-hydrogen) atoms. The molecule has 4 nitrogen and oxygen atoms in total. The summed E-state index contributed by atoms with van der Waals surface area (Å²) in [6, 6.07) is 10.0. The van der Waals surface area contributed by atoms with Gasteiger partial charge in [0.2, 0.25) is 0 Å². The third-order valence-corrected chi connectivity index (χ3v) is 3.57. The minimum atomic E-state index is -0.233. The van der Waals surface area contributed by atoms with Gasteiger partial charge in [-0.1, -0.05) is 36.9 Å². The summed E-state index contributed by atoms with van der Waals surface area (Å²) in [5, 5.41) is 0. The Morgan fingerprint density at radius 2 is 1.50 bits per heavy atom. The van der Waals surface area contributed by atoms with Crippen LogP contribution in [0.5, 0.6) is 11.5 Å². The highest BCUT2D eigenvalue weighted by atomic mass is 16.5. The maximum absolute atomic E-state index is 12.8. The lowest BCUT2D eigenvalue weighted by Gasteiger charge is -2.21. The summed E-state index contributed by atoms with van der Waals surface area (Å²) in [5.41, 5.74) is 1.29. The molecular formula is C18H14O4. The van der Waals surface area contributed by atoms with Gasteiger partial charge >= 0.3 is 0 Å². The Hall–Kier alpha value is -2.88. The maximum atomic E-state index is 12.8. The summed E-state index contributed by atoms with van der Waals surface area (Å²) < 4.78 is 10.7. The molecule has 1 aliphatic rings. The first-order chi connectivity index (χ1) is 10.7. The summed E-state index contributed by atoms with van der Waals surface area (Å²) in [7, 11) is 1.48. The van der Waals surface area contributed by atoms with Crippen LogP contribution in [-0.4, -0.2) is 25.3 Å². The number of fused-ring (bicyclic) bond motifs is 2. The van der Waals surface area contributed by atoms with E-state index < -0.39 is 0 Å². The first-order valence-electron chi connectivity index (χ1n) is 6.82. The Kier molecular flexibility index (Phi) is 3.51. The molecule has 0 bridgehead atoms. The van der Waals surface area contributed by atoms with Gasteiger partial charge in [0.25, 0.3) is 0 Å². The fraction of sp³-hybridized carbons (Fsp3) is 0.111. The van der Waals surface area contributed by atoms with E-state index in [-0.39, 0.29) is 18.2 Å². The molecule has 0 N–H and O–H groups in total. The number of methoxy groups -OCH3 is 1. The molecule has 0 atom stereocenters. The van der Waals surface area contributed by atoms with Crippen molar-refractivity contribution >= 4 is 11.6 Å². The standard InChI is InChI=1S/C18H14O4/c1-3-10-22-14-9-5-7-12-16(14)18(20)11-6-4-8-13(21-2)15(11)17(12)19/h3-9H,1,10H2,2H3. The van der Waals surface area contributed by atoms with E-state index in [0.717, 1.165) is 0 Å². The average Bonchev–Trinajstić information content (AvgIpc) is 2.56. The first kappa shape index (κ1) is 14.1. The molecule has 0 amide bonds. The van der Waals surface area contributed by atoms with Crippen molar-refractivity contribution in [2.45, 2.75) is 0 Å². The van der Waals surface area contributed by atoms with E-state index >= 15 is 0 Å². The molecule has 0 saturated heterocycles. The van der Waals surface area contributed by atoms with Crippen LogP contribution >= 0.6 is 0 Å². The highest BCUT2D eigenvalue weighted by molar-refractivity contribution is 6.30. The Morgan fingerprint density at radius 3 is 2.05 bits per heavy atom. The van der Waals surface area contributed by atoms with Crippen molar-refractivity contribution in [3.8, 4) is 11.5 Å². The van der Waals surface area contributed by atoms with Crippen molar-refractivity contribution < 1.29 is 19.1 Å². The zero-order valence-electron chi connectivity index (χ0n) is 12.1. The molecule has 3 rings (SSSR count). The zero-order valence-corrected chi connectivity index (χ0v) is 12.1. The minimum absolute atomic E-state index is 0.230. The molecular weight excluding hydrogens is 280 g/mol. The topological polar surface area (TPSA) is 52.6 Å². The largest absolute Gasteiger partial charge is 0.496 e. The fourth-order valence-corrected chi connectivity index (χ4v) is 2.62. The highest BCUT2D eigenvalue weighted by Gasteiger charge is 2.34. The molecule has 0 radical (unpaired) electrons. The molecule has 0 saturated carbocycles. The van der Waals surface area contributed by atoms with E-state index in [1.54, 1.807) is 42.5 Å². The number of benzene rings is 2. The van der Waals surface area contributed by atoms with E-state index in [4.69, 9.17) is 9.47 Å². The Morgan fingerprint density at radius 1 is 0.955 bits per heavy atom. The van der Waals surface area contributed by atoms with Crippen LogP contribution in [0.25, 0.3) is 0 Å². The van der Waals surface area contributed by atoms with Crippen LogP contribution in [0.4, 0.5) is 0 Å². The van der Waals surface area contributed by atoms with Gasteiger partial charge in [-0.15, -0.1) is 0 Å². The van der Waals surface area contributed by atoms with Crippen molar-refractivity contribution in [1.82, 2.24) is 0 Å². The number of carbonyl (C=O) groups is 2. The molecule has 0 fully saturated rings. The monoisotopic (exact) mass is 294 g/mol. The highest BCUT2D eigenvalue weighted by Crippen LogP contribution is 2.36. The van der Waals surface area contributed by atoms with Crippen LogP contribution in [0.3, 0.4) is 0 Å². The van der Waals surface area contributed by atoms with Crippen molar-refractivity contribution in [3.05, 3.63) is 71.3 Å². The SMILES string of the molecule is C=CCOc1cccc2c1C(=O)c1cccc(OC)c1C2=O. The lowest BCUT2D eigenvalue weighted by Crippen LogP contribution is -2.22.